The Bertz CT molecular complexity index is 39.3. The number of hydrogen-bond donors (Lipinski definition) is 4. The monoisotopic (exact) mass is 92.1 g/mol. The Morgan fingerprint density at radius 2 is 1.67 bits per heavy atom. The van der Waals surface area contributed by atoms with Crippen LogP contribution in [0.2, 0.25) is 0 Å². The van der Waals surface area contributed by atoms with Crippen LogP contribution in [-0.2, 0) is 0 Å². The highest BCUT2D eigenvalue weighted by Gasteiger charge is 2.08. The van der Waals surface area contributed by atoms with Crippen LogP contribution in [0.3, 0.4) is 0 Å². The smallest absolute Gasteiger partial charge is 0.190 e. The molecule has 0 unspecified atom stereocenters. The van der Waals surface area contributed by atoms with Gasteiger partial charge in [0.25, 0.3) is 0 Å². The summed E-state index contributed by atoms with van der Waals surface area (Å²) in [6, 6.07) is 0. The van der Waals surface area contributed by atoms with E-state index in [1.807, 2.05) is 0 Å². The van der Waals surface area contributed by atoms with Gasteiger partial charge < -0.3 is 10.2 Å². The van der Waals surface area contributed by atoms with Crippen LogP contribution < -0.4 is 11.5 Å². The number of aliphatic hydroxyl groups excluding tert-OH is 1. The van der Waals surface area contributed by atoms with E-state index < -0.39 is 12.5 Å². The lowest BCUT2D eigenvalue weighted by atomic mass is 10.5. The van der Waals surface area contributed by atoms with E-state index in [0.29, 0.717) is 0 Å². The molecule has 0 atom stereocenters. The van der Waals surface area contributed by atoms with Gasteiger partial charge in [-0.1, -0.05) is 0 Å². The topological polar surface area (TPSA) is 92.5 Å². The molecule has 0 saturated heterocycles. The molecule has 0 aromatic carbocycles. The lowest BCUT2D eigenvalue weighted by molar-refractivity contribution is -0.00341. The molecule has 0 saturated carbocycles. The number of nitrogens with two attached hydrogens (primary N) is 2. The van der Waals surface area contributed by atoms with Gasteiger partial charge in [0.1, 0.15) is 0 Å². The molecule has 0 spiro atoms. The minimum absolute atomic E-state index is 0.618. The van der Waals surface area contributed by atoms with Gasteiger partial charge in [0.15, 0.2) is 5.85 Å². The third-order valence-corrected chi connectivity index (χ3v) is 0.253. The van der Waals surface area contributed by atoms with Crippen LogP contribution in [-0.4, -0.2) is 22.7 Å². The van der Waals surface area contributed by atoms with Gasteiger partial charge in [-0.2, -0.15) is 0 Å². The molecule has 0 radical (unpaired) electrons. The van der Waals surface area contributed by atoms with Crippen molar-refractivity contribution >= 4 is 0 Å². The SMILES string of the molecule is NC(N)(O)CO. The molecule has 0 heterocycles. The molecule has 38 valence electrons. The van der Waals surface area contributed by atoms with E-state index in [1.165, 1.54) is 0 Å². The standard InChI is InChI=1S/C2H8N2O2/c3-2(4,6)1-5/h5-6H,1,3-4H2. The largest absolute Gasteiger partial charge is 0.390 e. The van der Waals surface area contributed by atoms with Crippen LogP contribution in [0.25, 0.3) is 0 Å². The number of hydrogen-bond acceptors (Lipinski definition) is 4. The molecule has 0 aliphatic carbocycles. The summed E-state index contributed by atoms with van der Waals surface area (Å²) in [5.41, 5.74) is 9.24. The minimum atomic E-state index is -1.90. The van der Waals surface area contributed by atoms with Gasteiger partial charge in [-0.25, -0.2) is 0 Å². The zero-order chi connectivity index (χ0) is 5.21. The molecule has 0 fully saturated rings. The first-order chi connectivity index (χ1) is 2.56. The van der Waals surface area contributed by atoms with Crippen molar-refractivity contribution in [3.05, 3.63) is 0 Å². The van der Waals surface area contributed by atoms with Crippen LogP contribution >= 0.6 is 0 Å². The summed E-state index contributed by atoms with van der Waals surface area (Å²) >= 11 is 0. The van der Waals surface area contributed by atoms with Crippen molar-refractivity contribution in [2.75, 3.05) is 6.61 Å². The lowest BCUT2D eigenvalue weighted by Crippen LogP contribution is -2.52. The third kappa shape index (κ3) is 3.84. The third-order valence-electron chi connectivity index (χ3n) is 0.253. The summed E-state index contributed by atoms with van der Waals surface area (Å²) in [6.45, 7) is -0.618. The molecule has 0 rings (SSSR count). The Balaban J connectivity index is 3.17. The van der Waals surface area contributed by atoms with Gasteiger partial charge in [-0.15, -0.1) is 0 Å². The summed E-state index contributed by atoms with van der Waals surface area (Å²) < 4.78 is 0. The van der Waals surface area contributed by atoms with E-state index >= 15 is 0 Å². The highest BCUT2D eigenvalue weighted by atomic mass is 16.4. The maximum atomic E-state index is 8.13. The predicted octanol–water partition coefficient (Wildman–Crippen LogP) is -2.46. The first-order valence-corrected chi connectivity index (χ1v) is 1.47. The van der Waals surface area contributed by atoms with E-state index in [4.69, 9.17) is 10.2 Å². The first kappa shape index (κ1) is 5.84. The number of aliphatic hydroxyl groups is 2. The quantitative estimate of drug-likeness (QED) is 0.270. The van der Waals surface area contributed by atoms with E-state index in [2.05, 4.69) is 11.5 Å². The van der Waals surface area contributed by atoms with Crippen molar-refractivity contribution in [3.8, 4) is 0 Å². The van der Waals surface area contributed by atoms with Crippen molar-refractivity contribution in [1.29, 1.82) is 0 Å². The van der Waals surface area contributed by atoms with Gasteiger partial charge in [0.05, 0.1) is 6.61 Å². The fraction of sp³-hybridized carbons (Fsp3) is 1.00. The summed E-state index contributed by atoms with van der Waals surface area (Å²) in [4.78, 5) is 0. The summed E-state index contributed by atoms with van der Waals surface area (Å²) in [5.74, 6) is -1.90. The van der Waals surface area contributed by atoms with E-state index in [0.717, 1.165) is 0 Å². The van der Waals surface area contributed by atoms with Gasteiger partial charge in [0.2, 0.25) is 0 Å². The highest BCUT2D eigenvalue weighted by molar-refractivity contribution is 4.54. The average Bonchev–Trinajstić information content (AvgIpc) is 1.35. The molecule has 4 nitrogen and oxygen atoms in total. The Kier molecular flexibility index (Phi) is 1.48. The maximum Gasteiger partial charge on any atom is 0.190 e. The second kappa shape index (κ2) is 1.53. The molecule has 4 heteroatoms. The van der Waals surface area contributed by atoms with E-state index in [-0.39, 0.29) is 0 Å². The van der Waals surface area contributed by atoms with E-state index in [1.54, 1.807) is 0 Å². The molecule has 6 N–H and O–H groups in total. The summed E-state index contributed by atoms with van der Waals surface area (Å²) in [6.07, 6.45) is 0. The predicted molar refractivity (Wildman–Crippen MR) is 20.4 cm³/mol. The molecule has 0 aromatic heterocycles. The first-order valence-electron chi connectivity index (χ1n) is 1.47. The highest BCUT2D eigenvalue weighted by Crippen LogP contribution is 1.72. The molecule has 0 bridgehead atoms. The zero-order valence-electron chi connectivity index (χ0n) is 3.26. The summed E-state index contributed by atoms with van der Waals surface area (Å²) in [7, 11) is 0. The van der Waals surface area contributed by atoms with Crippen molar-refractivity contribution < 1.29 is 10.2 Å². The van der Waals surface area contributed by atoms with Crippen molar-refractivity contribution in [2.45, 2.75) is 5.85 Å². The van der Waals surface area contributed by atoms with Gasteiger partial charge in [0, 0.05) is 0 Å². The van der Waals surface area contributed by atoms with E-state index in [9.17, 15) is 0 Å². The average molecular weight is 92.1 g/mol. The Morgan fingerprint density at radius 1 is 1.50 bits per heavy atom. The zero-order valence-corrected chi connectivity index (χ0v) is 3.26. The van der Waals surface area contributed by atoms with Crippen LogP contribution in [0, 0.1) is 0 Å². The Morgan fingerprint density at radius 3 is 1.67 bits per heavy atom. The van der Waals surface area contributed by atoms with Crippen LogP contribution in [0.5, 0.6) is 0 Å². The second-order valence-corrected chi connectivity index (χ2v) is 1.15. The number of rotatable bonds is 1. The van der Waals surface area contributed by atoms with Gasteiger partial charge >= 0.3 is 0 Å². The van der Waals surface area contributed by atoms with Gasteiger partial charge in [-0.05, 0) is 0 Å². The maximum absolute atomic E-state index is 8.13. The minimum Gasteiger partial charge on any atom is -0.390 e. The Hall–Kier alpha value is -0.160. The van der Waals surface area contributed by atoms with Gasteiger partial charge in [-0.3, -0.25) is 11.5 Å². The normalized spacial score (nSPS) is 12.0. The van der Waals surface area contributed by atoms with Crippen molar-refractivity contribution in [1.82, 2.24) is 0 Å². The Labute approximate surface area is 35.4 Å². The second-order valence-electron chi connectivity index (χ2n) is 1.15. The van der Waals surface area contributed by atoms with Crippen LogP contribution in [0.15, 0.2) is 0 Å². The van der Waals surface area contributed by atoms with Crippen LogP contribution in [0.4, 0.5) is 0 Å². The lowest BCUT2D eigenvalue weighted by Gasteiger charge is -2.10. The molecule has 0 aliphatic heterocycles. The fourth-order valence-corrected chi connectivity index (χ4v) is 0. The summed E-state index contributed by atoms with van der Waals surface area (Å²) in [5, 5.41) is 16.0. The molecular weight excluding hydrogens is 84.0 g/mol. The molecule has 6 heavy (non-hydrogen) atoms. The fourth-order valence-electron chi connectivity index (χ4n) is 0. The molecular formula is C2H8N2O2. The molecule has 0 aromatic rings. The molecule has 0 aliphatic rings. The molecule has 0 amide bonds. The van der Waals surface area contributed by atoms with Crippen molar-refractivity contribution in [3.63, 3.8) is 0 Å². The van der Waals surface area contributed by atoms with Crippen LogP contribution in [0.1, 0.15) is 0 Å². The van der Waals surface area contributed by atoms with Crippen molar-refractivity contribution in [2.24, 2.45) is 11.5 Å².